The second kappa shape index (κ2) is 6.48. The Bertz CT molecular complexity index is 538. The van der Waals surface area contributed by atoms with E-state index in [-0.39, 0.29) is 0 Å². The molecule has 0 radical (unpaired) electrons. The van der Waals surface area contributed by atoms with E-state index >= 15 is 0 Å². The van der Waals surface area contributed by atoms with Crippen molar-refractivity contribution < 1.29 is 4.74 Å². The van der Waals surface area contributed by atoms with Crippen LogP contribution < -0.4 is 10.1 Å². The Balaban J connectivity index is 1.73. The minimum absolute atomic E-state index is 0.564. The molecule has 3 rings (SSSR count). The summed E-state index contributed by atoms with van der Waals surface area (Å²) >= 11 is 0. The summed E-state index contributed by atoms with van der Waals surface area (Å²) in [4.78, 5) is 8.74. The van der Waals surface area contributed by atoms with Gasteiger partial charge in [-0.3, -0.25) is 0 Å². The van der Waals surface area contributed by atoms with E-state index in [0.717, 1.165) is 24.3 Å². The number of hydrogen-bond donors (Lipinski definition) is 1. The first-order valence-electron chi connectivity index (χ1n) is 7.13. The third-order valence-corrected chi connectivity index (χ3v) is 3.57. The van der Waals surface area contributed by atoms with Gasteiger partial charge in [0.15, 0.2) is 0 Å². The maximum absolute atomic E-state index is 5.92. The molecule has 1 aliphatic heterocycles. The molecule has 1 aliphatic rings. The Labute approximate surface area is 119 Å². The van der Waals surface area contributed by atoms with Gasteiger partial charge in [-0.1, -0.05) is 30.3 Å². The first kappa shape index (κ1) is 13.1. The Morgan fingerprint density at radius 1 is 1.15 bits per heavy atom. The second-order valence-electron chi connectivity index (χ2n) is 5.10. The number of nitrogens with one attached hydrogen (secondary N) is 1. The van der Waals surface area contributed by atoms with Gasteiger partial charge in [0, 0.05) is 30.4 Å². The molecule has 1 aromatic heterocycles. The van der Waals surface area contributed by atoms with E-state index < -0.39 is 0 Å². The predicted molar refractivity (Wildman–Crippen MR) is 78.6 cm³/mol. The average Bonchev–Trinajstić information content (AvgIpc) is 2.55. The molecule has 0 bridgehead atoms. The van der Waals surface area contributed by atoms with Gasteiger partial charge in [-0.05, 0) is 19.4 Å². The van der Waals surface area contributed by atoms with E-state index in [9.17, 15) is 0 Å². The normalized spacial score (nSPS) is 18.7. The van der Waals surface area contributed by atoms with E-state index in [0.29, 0.717) is 18.4 Å². The number of benzene rings is 1. The monoisotopic (exact) mass is 269 g/mol. The molecule has 0 spiro atoms. The number of piperidine rings is 1. The molecule has 1 N–H and O–H groups in total. The highest BCUT2D eigenvalue weighted by Gasteiger charge is 2.15. The second-order valence-corrected chi connectivity index (χ2v) is 5.10. The zero-order chi connectivity index (χ0) is 13.6. The van der Waals surface area contributed by atoms with Crippen molar-refractivity contribution in [3.8, 4) is 17.1 Å². The number of ether oxygens (including phenoxy) is 1. The van der Waals surface area contributed by atoms with Gasteiger partial charge < -0.3 is 10.1 Å². The molecule has 1 unspecified atom stereocenters. The first-order chi connectivity index (χ1) is 9.93. The molecule has 20 heavy (non-hydrogen) atoms. The van der Waals surface area contributed by atoms with Crippen LogP contribution in [0.2, 0.25) is 0 Å². The highest BCUT2D eigenvalue weighted by molar-refractivity contribution is 5.63. The average molecular weight is 269 g/mol. The minimum atomic E-state index is 0.564. The van der Waals surface area contributed by atoms with Crippen molar-refractivity contribution in [2.24, 2.45) is 5.92 Å². The van der Waals surface area contributed by atoms with Gasteiger partial charge in [0.1, 0.15) is 5.69 Å². The molecule has 2 heterocycles. The summed E-state index contributed by atoms with van der Waals surface area (Å²) in [6, 6.07) is 10.0. The molecule has 0 amide bonds. The number of nitrogens with zero attached hydrogens (tertiary/aromatic N) is 2. The molecule has 1 atom stereocenters. The van der Waals surface area contributed by atoms with Gasteiger partial charge in [-0.25, -0.2) is 9.97 Å². The van der Waals surface area contributed by atoms with E-state index in [1.165, 1.54) is 12.8 Å². The topological polar surface area (TPSA) is 47.0 Å². The summed E-state index contributed by atoms with van der Waals surface area (Å²) in [5.41, 5.74) is 1.86. The van der Waals surface area contributed by atoms with Crippen molar-refractivity contribution in [1.29, 1.82) is 0 Å². The van der Waals surface area contributed by atoms with Crippen LogP contribution in [-0.4, -0.2) is 29.7 Å². The summed E-state index contributed by atoms with van der Waals surface area (Å²) in [7, 11) is 0. The van der Waals surface area contributed by atoms with Crippen LogP contribution in [0.3, 0.4) is 0 Å². The summed E-state index contributed by atoms with van der Waals surface area (Å²) in [5.74, 6) is 1.19. The van der Waals surface area contributed by atoms with E-state index in [2.05, 4.69) is 15.3 Å². The van der Waals surface area contributed by atoms with Crippen molar-refractivity contribution in [3.63, 3.8) is 0 Å². The molecule has 4 heteroatoms. The molecule has 1 aromatic carbocycles. The fourth-order valence-corrected chi connectivity index (χ4v) is 2.49. The Morgan fingerprint density at radius 3 is 2.80 bits per heavy atom. The fraction of sp³-hybridized carbons (Fsp3) is 0.375. The van der Waals surface area contributed by atoms with Crippen molar-refractivity contribution >= 4 is 0 Å². The highest BCUT2D eigenvalue weighted by Crippen LogP contribution is 2.25. The zero-order valence-corrected chi connectivity index (χ0v) is 11.5. The third-order valence-electron chi connectivity index (χ3n) is 3.57. The standard InChI is InChI=1S/C16H19N3O/c1-2-6-14(7-3-1)15-16(19-10-9-18-15)20-12-13-5-4-8-17-11-13/h1-3,6-7,9-10,13,17H,4-5,8,11-12H2. The molecular formula is C16H19N3O. The van der Waals surface area contributed by atoms with E-state index in [4.69, 9.17) is 4.74 Å². The maximum atomic E-state index is 5.92. The van der Waals surface area contributed by atoms with Crippen LogP contribution in [0, 0.1) is 5.92 Å². The van der Waals surface area contributed by atoms with Gasteiger partial charge in [-0.2, -0.15) is 0 Å². The minimum Gasteiger partial charge on any atom is -0.476 e. The molecule has 0 saturated carbocycles. The number of hydrogen-bond acceptors (Lipinski definition) is 4. The Morgan fingerprint density at radius 2 is 2.00 bits per heavy atom. The van der Waals surface area contributed by atoms with Crippen molar-refractivity contribution in [1.82, 2.24) is 15.3 Å². The smallest absolute Gasteiger partial charge is 0.240 e. The van der Waals surface area contributed by atoms with Crippen LogP contribution in [0.15, 0.2) is 42.7 Å². The van der Waals surface area contributed by atoms with Gasteiger partial charge in [-0.15, -0.1) is 0 Å². The Hall–Kier alpha value is -1.94. The van der Waals surface area contributed by atoms with Crippen LogP contribution in [0.4, 0.5) is 0 Å². The van der Waals surface area contributed by atoms with Crippen molar-refractivity contribution in [3.05, 3.63) is 42.7 Å². The van der Waals surface area contributed by atoms with Crippen LogP contribution in [0.25, 0.3) is 11.3 Å². The van der Waals surface area contributed by atoms with E-state index in [1.807, 2.05) is 30.3 Å². The molecule has 4 nitrogen and oxygen atoms in total. The van der Waals surface area contributed by atoms with Crippen molar-refractivity contribution in [2.45, 2.75) is 12.8 Å². The van der Waals surface area contributed by atoms with Gasteiger partial charge in [0.05, 0.1) is 6.61 Å². The maximum Gasteiger partial charge on any atom is 0.240 e. The molecule has 0 aliphatic carbocycles. The molecule has 104 valence electrons. The largest absolute Gasteiger partial charge is 0.476 e. The lowest BCUT2D eigenvalue weighted by Crippen LogP contribution is -2.33. The summed E-state index contributed by atoms with van der Waals surface area (Å²) in [6.07, 6.45) is 5.83. The van der Waals surface area contributed by atoms with Crippen LogP contribution >= 0.6 is 0 Å². The highest BCUT2D eigenvalue weighted by atomic mass is 16.5. The predicted octanol–water partition coefficient (Wildman–Crippen LogP) is 2.52. The molecule has 1 fully saturated rings. The molecule has 1 saturated heterocycles. The van der Waals surface area contributed by atoms with Gasteiger partial charge >= 0.3 is 0 Å². The van der Waals surface area contributed by atoms with Gasteiger partial charge in [0.2, 0.25) is 5.88 Å². The zero-order valence-electron chi connectivity index (χ0n) is 11.5. The molecular weight excluding hydrogens is 250 g/mol. The lowest BCUT2D eigenvalue weighted by atomic mass is 10.0. The summed E-state index contributed by atoms with van der Waals surface area (Å²) < 4.78 is 5.92. The fourth-order valence-electron chi connectivity index (χ4n) is 2.49. The third kappa shape index (κ3) is 3.14. The van der Waals surface area contributed by atoms with Gasteiger partial charge in [0.25, 0.3) is 0 Å². The number of aromatic nitrogens is 2. The number of rotatable bonds is 4. The van der Waals surface area contributed by atoms with Crippen LogP contribution in [0.5, 0.6) is 5.88 Å². The van der Waals surface area contributed by atoms with Crippen LogP contribution in [0.1, 0.15) is 12.8 Å². The van der Waals surface area contributed by atoms with Crippen molar-refractivity contribution in [2.75, 3.05) is 19.7 Å². The van der Waals surface area contributed by atoms with E-state index in [1.54, 1.807) is 12.4 Å². The quantitative estimate of drug-likeness (QED) is 0.926. The first-order valence-corrected chi connectivity index (χ1v) is 7.13. The molecule has 2 aromatic rings. The Kier molecular flexibility index (Phi) is 4.23. The summed E-state index contributed by atoms with van der Waals surface area (Å²) in [5, 5.41) is 3.40. The lowest BCUT2D eigenvalue weighted by Gasteiger charge is -2.22. The summed E-state index contributed by atoms with van der Waals surface area (Å²) in [6.45, 7) is 2.85. The lowest BCUT2D eigenvalue weighted by molar-refractivity contribution is 0.212. The van der Waals surface area contributed by atoms with Crippen LogP contribution in [-0.2, 0) is 0 Å². The SMILES string of the molecule is c1ccc(-c2nccnc2OCC2CCCNC2)cc1.